The highest BCUT2D eigenvalue weighted by atomic mass is 32.2. The SMILES string of the molecule is CCOc1cc(S(=O)(=O)N2c3ccccc3CC2C)ccc1F. The predicted molar refractivity (Wildman–Crippen MR) is 86.8 cm³/mol. The molecule has 0 radical (unpaired) electrons. The van der Waals surface area contributed by atoms with Gasteiger partial charge in [0, 0.05) is 12.1 Å². The van der Waals surface area contributed by atoms with Crippen LogP contribution < -0.4 is 9.04 Å². The van der Waals surface area contributed by atoms with Gasteiger partial charge in [-0.1, -0.05) is 18.2 Å². The van der Waals surface area contributed by atoms with Crippen LogP contribution in [0.5, 0.6) is 5.75 Å². The third-order valence-corrected chi connectivity index (χ3v) is 5.83. The Hall–Kier alpha value is -2.08. The van der Waals surface area contributed by atoms with Crippen LogP contribution in [0.15, 0.2) is 47.4 Å². The third-order valence-electron chi connectivity index (χ3n) is 3.90. The van der Waals surface area contributed by atoms with Gasteiger partial charge in [-0.15, -0.1) is 0 Å². The first kappa shape index (κ1) is 15.8. The molecule has 0 saturated carbocycles. The van der Waals surface area contributed by atoms with Crippen LogP contribution in [0.1, 0.15) is 19.4 Å². The fourth-order valence-electron chi connectivity index (χ4n) is 2.93. The molecule has 0 aromatic heterocycles. The first-order valence-electron chi connectivity index (χ1n) is 7.50. The lowest BCUT2D eigenvalue weighted by molar-refractivity contribution is 0.320. The Bertz CT molecular complexity index is 835. The van der Waals surface area contributed by atoms with Crippen LogP contribution in [0, 0.1) is 5.82 Å². The van der Waals surface area contributed by atoms with Gasteiger partial charge in [-0.25, -0.2) is 12.8 Å². The van der Waals surface area contributed by atoms with Crippen molar-refractivity contribution in [3.05, 3.63) is 53.8 Å². The second kappa shape index (κ2) is 5.85. The number of anilines is 1. The molecule has 0 aliphatic carbocycles. The monoisotopic (exact) mass is 335 g/mol. The van der Waals surface area contributed by atoms with E-state index in [1.165, 1.54) is 16.4 Å². The molecule has 1 aliphatic rings. The van der Waals surface area contributed by atoms with Crippen LogP contribution in [0.25, 0.3) is 0 Å². The van der Waals surface area contributed by atoms with Crippen LogP contribution >= 0.6 is 0 Å². The van der Waals surface area contributed by atoms with E-state index in [-0.39, 0.29) is 23.3 Å². The highest BCUT2D eigenvalue weighted by molar-refractivity contribution is 7.92. The van der Waals surface area contributed by atoms with Crippen molar-refractivity contribution in [1.29, 1.82) is 0 Å². The van der Waals surface area contributed by atoms with Gasteiger partial charge in [0.15, 0.2) is 11.6 Å². The van der Waals surface area contributed by atoms with E-state index in [4.69, 9.17) is 4.74 Å². The van der Waals surface area contributed by atoms with Crippen molar-refractivity contribution < 1.29 is 17.5 Å². The first-order valence-corrected chi connectivity index (χ1v) is 8.94. The average molecular weight is 335 g/mol. The molecular weight excluding hydrogens is 317 g/mol. The molecule has 2 aromatic carbocycles. The maximum atomic E-state index is 13.7. The fraction of sp³-hybridized carbons (Fsp3) is 0.294. The molecular formula is C17H18FNO3S. The van der Waals surface area contributed by atoms with Crippen molar-refractivity contribution >= 4 is 15.7 Å². The van der Waals surface area contributed by atoms with E-state index in [2.05, 4.69) is 0 Å². The lowest BCUT2D eigenvalue weighted by Gasteiger charge is -2.24. The molecule has 0 bridgehead atoms. The summed E-state index contributed by atoms with van der Waals surface area (Å²) in [5.74, 6) is -0.616. The number of fused-ring (bicyclic) bond motifs is 1. The van der Waals surface area contributed by atoms with Crippen molar-refractivity contribution in [2.45, 2.75) is 31.2 Å². The quantitative estimate of drug-likeness (QED) is 0.861. The van der Waals surface area contributed by atoms with Gasteiger partial charge in [-0.2, -0.15) is 0 Å². The minimum atomic E-state index is -3.77. The Morgan fingerprint density at radius 3 is 2.74 bits per heavy atom. The smallest absolute Gasteiger partial charge is 0.264 e. The fourth-order valence-corrected chi connectivity index (χ4v) is 4.64. The van der Waals surface area contributed by atoms with Crippen molar-refractivity contribution in [1.82, 2.24) is 0 Å². The molecule has 2 aromatic rings. The summed E-state index contributed by atoms with van der Waals surface area (Å²) in [7, 11) is -3.77. The Labute approximate surface area is 135 Å². The molecule has 0 N–H and O–H groups in total. The zero-order valence-corrected chi connectivity index (χ0v) is 13.8. The average Bonchev–Trinajstić information content (AvgIpc) is 2.85. The number of hydrogen-bond donors (Lipinski definition) is 0. The summed E-state index contributed by atoms with van der Waals surface area (Å²) in [5.41, 5.74) is 1.68. The summed E-state index contributed by atoms with van der Waals surface area (Å²) in [6, 6.07) is 10.9. The molecule has 1 heterocycles. The van der Waals surface area contributed by atoms with Crippen LogP contribution in [0.2, 0.25) is 0 Å². The van der Waals surface area contributed by atoms with Gasteiger partial charge in [0.25, 0.3) is 10.0 Å². The second-order valence-electron chi connectivity index (χ2n) is 5.51. The molecule has 0 amide bonds. The molecule has 3 rings (SSSR count). The highest BCUT2D eigenvalue weighted by Gasteiger charge is 2.36. The van der Waals surface area contributed by atoms with E-state index in [9.17, 15) is 12.8 Å². The highest BCUT2D eigenvalue weighted by Crippen LogP contribution is 2.37. The lowest BCUT2D eigenvalue weighted by atomic mass is 10.1. The Morgan fingerprint density at radius 2 is 2.00 bits per heavy atom. The minimum Gasteiger partial charge on any atom is -0.491 e. The molecule has 23 heavy (non-hydrogen) atoms. The van der Waals surface area contributed by atoms with Crippen molar-refractivity contribution in [2.24, 2.45) is 0 Å². The zero-order chi connectivity index (χ0) is 16.6. The largest absolute Gasteiger partial charge is 0.491 e. The molecule has 0 saturated heterocycles. The maximum Gasteiger partial charge on any atom is 0.264 e. The topological polar surface area (TPSA) is 46.6 Å². The third kappa shape index (κ3) is 2.67. The zero-order valence-electron chi connectivity index (χ0n) is 13.0. The number of rotatable bonds is 4. The number of nitrogens with zero attached hydrogens (tertiary/aromatic N) is 1. The van der Waals surface area contributed by atoms with Crippen LogP contribution in [0.4, 0.5) is 10.1 Å². The van der Waals surface area contributed by atoms with Gasteiger partial charge in [0.2, 0.25) is 0 Å². The number of ether oxygens (including phenoxy) is 1. The molecule has 1 unspecified atom stereocenters. The molecule has 1 aliphatic heterocycles. The number of halogens is 1. The van der Waals surface area contributed by atoms with E-state index in [1.807, 2.05) is 25.1 Å². The number of sulfonamides is 1. The van der Waals surface area contributed by atoms with E-state index >= 15 is 0 Å². The number of hydrogen-bond acceptors (Lipinski definition) is 3. The van der Waals surface area contributed by atoms with Gasteiger partial charge in [-0.3, -0.25) is 4.31 Å². The van der Waals surface area contributed by atoms with Crippen molar-refractivity contribution in [3.8, 4) is 5.75 Å². The Kier molecular flexibility index (Phi) is 4.02. The first-order chi connectivity index (χ1) is 10.9. The van der Waals surface area contributed by atoms with Crippen molar-refractivity contribution in [2.75, 3.05) is 10.9 Å². The van der Waals surface area contributed by atoms with Gasteiger partial charge < -0.3 is 4.74 Å². The summed E-state index contributed by atoms with van der Waals surface area (Å²) in [6.45, 7) is 3.85. The van der Waals surface area contributed by atoms with Gasteiger partial charge in [-0.05, 0) is 44.0 Å². The van der Waals surface area contributed by atoms with E-state index in [0.717, 1.165) is 11.6 Å². The molecule has 122 valence electrons. The van der Waals surface area contributed by atoms with E-state index in [0.29, 0.717) is 12.1 Å². The predicted octanol–water partition coefficient (Wildman–Crippen LogP) is 3.36. The molecule has 0 fully saturated rings. The summed E-state index contributed by atoms with van der Waals surface area (Å²) >= 11 is 0. The number of benzene rings is 2. The Balaban J connectivity index is 2.07. The Morgan fingerprint density at radius 1 is 1.26 bits per heavy atom. The minimum absolute atomic E-state index is 0.0332. The molecule has 4 nitrogen and oxygen atoms in total. The van der Waals surface area contributed by atoms with Crippen molar-refractivity contribution in [3.63, 3.8) is 0 Å². The lowest BCUT2D eigenvalue weighted by Crippen LogP contribution is -2.35. The van der Waals surface area contributed by atoms with Crippen LogP contribution in [0.3, 0.4) is 0 Å². The van der Waals surface area contributed by atoms with E-state index in [1.54, 1.807) is 13.0 Å². The molecule has 1 atom stereocenters. The summed E-state index contributed by atoms with van der Waals surface area (Å²) in [4.78, 5) is 0.0332. The standard InChI is InChI=1S/C17H18FNO3S/c1-3-22-17-11-14(8-9-15(17)18)23(20,21)19-12(2)10-13-6-4-5-7-16(13)19/h4-9,11-12H,3,10H2,1-2H3. The van der Waals surface area contributed by atoms with Gasteiger partial charge >= 0.3 is 0 Å². The van der Waals surface area contributed by atoms with Gasteiger partial charge in [0.1, 0.15) is 0 Å². The van der Waals surface area contributed by atoms with Crippen LogP contribution in [-0.2, 0) is 16.4 Å². The molecule has 6 heteroatoms. The normalized spacial score (nSPS) is 17.2. The van der Waals surface area contributed by atoms with E-state index < -0.39 is 15.8 Å². The van der Waals surface area contributed by atoms with Crippen LogP contribution in [-0.4, -0.2) is 21.1 Å². The van der Waals surface area contributed by atoms with Gasteiger partial charge in [0.05, 0.1) is 17.2 Å². The number of para-hydroxylation sites is 1. The maximum absolute atomic E-state index is 13.7. The second-order valence-corrected chi connectivity index (χ2v) is 7.32. The summed E-state index contributed by atoms with van der Waals surface area (Å²) < 4.78 is 46.3. The summed E-state index contributed by atoms with van der Waals surface area (Å²) in [5, 5.41) is 0. The molecule has 0 spiro atoms. The summed E-state index contributed by atoms with van der Waals surface area (Å²) in [6.07, 6.45) is 0.662.